The number of imide groups is 1. The quantitative estimate of drug-likeness (QED) is 0.866. The van der Waals surface area contributed by atoms with E-state index in [0.717, 1.165) is 16.9 Å². The molecule has 1 aromatic carbocycles. The number of carbonyl (C=O) groups is 3. The van der Waals surface area contributed by atoms with Crippen molar-refractivity contribution in [2.75, 3.05) is 18.4 Å². The van der Waals surface area contributed by atoms with Crippen LogP contribution in [0.15, 0.2) is 18.2 Å². The first-order valence-electron chi connectivity index (χ1n) is 7.15. The van der Waals surface area contributed by atoms with Gasteiger partial charge in [-0.2, -0.15) is 0 Å². The van der Waals surface area contributed by atoms with E-state index in [0.29, 0.717) is 23.7 Å². The zero-order valence-corrected chi connectivity index (χ0v) is 12.9. The number of hydrogen-bond donors (Lipinski definition) is 1. The van der Waals surface area contributed by atoms with Gasteiger partial charge in [0.25, 0.3) is 5.91 Å². The van der Waals surface area contributed by atoms with Crippen LogP contribution in [-0.4, -0.2) is 46.8 Å². The molecule has 3 rings (SSSR count). The number of amides is 4. The number of hydrogen-bond acceptors (Lipinski definition) is 3. The lowest BCUT2D eigenvalue weighted by Crippen LogP contribution is -2.39. The van der Waals surface area contributed by atoms with Gasteiger partial charge in [-0.05, 0) is 37.5 Å². The molecule has 1 atom stereocenters. The monoisotopic (exact) mass is 321 g/mol. The lowest BCUT2D eigenvalue weighted by Gasteiger charge is -2.15. The average molecular weight is 322 g/mol. The Labute approximate surface area is 133 Å². The van der Waals surface area contributed by atoms with E-state index < -0.39 is 5.91 Å². The topological polar surface area (TPSA) is 69.7 Å². The first-order valence-corrected chi connectivity index (χ1v) is 7.53. The predicted octanol–water partition coefficient (Wildman–Crippen LogP) is 2.01. The van der Waals surface area contributed by atoms with E-state index >= 15 is 0 Å². The maximum Gasteiger partial charge on any atom is 0.327 e. The lowest BCUT2D eigenvalue weighted by molar-refractivity contribution is -0.131. The highest BCUT2D eigenvalue weighted by Crippen LogP contribution is 2.27. The third-order valence-corrected chi connectivity index (χ3v) is 4.45. The molecule has 0 spiro atoms. The summed E-state index contributed by atoms with van der Waals surface area (Å²) in [6.07, 6.45) is 1.51. The number of fused-ring (bicyclic) bond motifs is 1. The van der Waals surface area contributed by atoms with Gasteiger partial charge in [-0.25, -0.2) is 4.79 Å². The van der Waals surface area contributed by atoms with Gasteiger partial charge in [0, 0.05) is 17.3 Å². The van der Waals surface area contributed by atoms with E-state index in [1.807, 2.05) is 6.92 Å². The Morgan fingerprint density at radius 2 is 2.18 bits per heavy atom. The van der Waals surface area contributed by atoms with Crippen molar-refractivity contribution in [3.63, 3.8) is 0 Å². The highest BCUT2D eigenvalue weighted by Gasteiger charge is 2.47. The number of nitrogens with zero attached hydrogens (tertiary/aromatic N) is 2. The SMILES string of the molecule is Cc1ccc(NC(=O)CN2C(=O)C3CCCN3C2=O)cc1Cl. The van der Waals surface area contributed by atoms with Crippen molar-refractivity contribution in [1.29, 1.82) is 0 Å². The van der Waals surface area contributed by atoms with Gasteiger partial charge in [0.15, 0.2) is 0 Å². The molecule has 0 bridgehead atoms. The second-order valence-corrected chi connectivity index (χ2v) is 5.98. The van der Waals surface area contributed by atoms with Crippen LogP contribution in [0.3, 0.4) is 0 Å². The number of nitrogens with one attached hydrogen (secondary N) is 1. The van der Waals surface area contributed by atoms with Crippen LogP contribution in [0.25, 0.3) is 0 Å². The second-order valence-electron chi connectivity index (χ2n) is 5.57. The van der Waals surface area contributed by atoms with Crippen molar-refractivity contribution in [1.82, 2.24) is 9.80 Å². The molecule has 0 aromatic heterocycles. The summed E-state index contributed by atoms with van der Waals surface area (Å²) >= 11 is 6.00. The summed E-state index contributed by atoms with van der Waals surface area (Å²) in [7, 11) is 0. The average Bonchev–Trinajstić information content (AvgIpc) is 3.03. The molecule has 4 amide bonds. The first-order chi connectivity index (χ1) is 10.5. The van der Waals surface area contributed by atoms with Crippen LogP contribution < -0.4 is 5.32 Å². The summed E-state index contributed by atoms with van der Waals surface area (Å²) in [6, 6.07) is 4.41. The Hall–Kier alpha value is -2.08. The molecule has 1 unspecified atom stereocenters. The van der Waals surface area contributed by atoms with Crippen molar-refractivity contribution in [2.45, 2.75) is 25.8 Å². The molecular weight excluding hydrogens is 306 g/mol. The summed E-state index contributed by atoms with van der Waals surface area (Å²) in [4.78, 5) is 38.9. The van der Waals surface area contributed by atoms with Crippen LogP contribution in [0.2, 0.25) is 5.02 Å². The lowest BCUT2D eigenvalue weighted by atomic mass is 10.2. The molecule has 2 heterocycles. The number of benzene rings is 1. The van der Waals surface area contributed by atoms with Crippen LogP contribution in [0.5, 0.6) is 0 Å². The fourth-order valence-corrected chi connectivity index (χ4v) is 3.02. The minimum atomic E-state index is -0.414. The van der Waals surface area contributed by atoms with Crippen LogP contribution >= 0.6 is 11.6 Å². The maximum atomic E-state index is 12.1. The Bertz CT molecular complexity index is 639. The molecular formula is C15H16ClN3O3. The highest BCUT2D eigenvalue weighted by molar-refractivity contribution is 6.31. The summed E-state index contributed by atoms with van der Waals surface area (Å²) in [5.74, 6) is -0.692. The predicted molar refractivity (Wildman–Crippen MR) is 81.7 cm³/mol. The van der Waals surface area contributed by atoms with Crippen molar-refractivity contribution >= 4 is 35.1 Å². The molecule has 2 aliphatic rings. The van der Waals surface area contributed by atoms with Crippen LogP contribution in [-0.2, 0) is 9.59 Å². The zero-order chi connectivity index (χ0) is 15.9. The minimum Gasteiger partial charge on any atom is -0.324 e. The van der Waals surface area contributed by atoms with E-state index in [9.17, 15) is 14.4 Å². The zero-order valence-electron chi connectivity index (χ0n) is 12.1. The standard InChI is InChI=1S/C15H16ClN3O3/c1-9-4-5-10(7-11(9)16)17-13(20)8-19-14(21)12-3-2-6-18(12)15(19)22/h4-5,7,12H,2-3,6,8H2,1H3,(H,17,20). The van der Waals surface area contributed by atoms with Crippen molar-refractivity contribution in [2.24, 2.45) is 0 Å². The molecule has 1 N–H and O–H groups in total. The number of rotatable bonds is 3. The van der Waals surface area contributed by atoms with Gasteiger partial charge in [-0.1, -0.05) is 17.7 Å². The van der Waals surface area contributed by atoms with Gasteiger partial charge in [-0.3, -0.25) is 14.5 Å². The summed E-state index contributed by atoms with van der Waals surface area (Å²) in [6.45, 7) is 2.18. The number of halogens is 1. The molecule has 2 saturated heterocycles. The molecule has 0 saturated carbocycles. The molecule has 2 fully saturated rings. The van der Waals surface area contributed by atoms with E-state index in [2.05, 4.69) is 5.32 Å². The normalized spacial score (nSPS) is 20.5. The molecule has 0 aliphatic carbocycles. The maximum absolute atomic E-state index is 12.1. The van der Waals surface area contributed by atoms with Crippen molar-refractivity contribution < 1.29 is 14.4 Å². The van der Waals surface area contributed by atoms with Crippen LogP contribution in [0, 0.1) is 6.92 Å². The van der Waals surface area contributed by atoms with E-state index in [1.54, 1.807) is 23.1 Å². The molecule has 22 heavy (non-hydrogen) atoms. The molecule has 2 aliphatic heterocycles. The third-order valence-electron chi connectivity index (χ3n) is 4.04. The van der Waals surface area contributed by atoms with E-state index in [4.69, 9.17) is 11.6 Å². The summed E-state index contributed by atoms with van der Waals surface area (Å²) in [5, 5.41) is 3.20. The Balaban J connectivity index is 1.66. The van der Waals surface area contributed by atoms with Gasteiger partial charge in [0.2, 0.25) is 5.91 Å². The molecule has 7 heteroatoms. The number of carbonyl (C=O) groups excluding carboxylic acids is 3. The van der Waals surface area contributed by atoms with E-state index in [-0.39, 0.29) is 24.5 Å². The van der Waals surface area contributed by atoms with Gasteiger partial charge in [0.1, 0.15) is 12.6 Å². The highest BCUT2D eigenvalue weighted by atomic mass is 35.5. The van der Waals surface area contributed by atoms with Crippen molar-refractivity contribution in [3.05, 3.63) is 28.8 Å². The van der Waals surface area contributed by atoms with Crippen LogP contribution in [0.4, 0.5) is 10.5 Å². The Morgan fingerprint density at radius 1 is 1.41 bits per heavy atom. The fourth-order valence-electron chi connectivity index (χ4n) is 2.84. The Kier molecular flexibility index (Phi) is 3.78. The van der Waals surface area contributed by atoms with Gasteiger partial charge >= 0.3 is 6.03 Å². The smallest absolute Gasteiger partial charge is 0.324 e. The minimum absolute atomic E-state index is 0.268. The fraction of sp³-hybridized carbons (Fsp3) is 0.400. The first kappa shape index (κ1) is 14.8. The number of anilines is 1. The molecule has 116 valence electrons. The van der Waals surface area contributed by atoms with Gasteiger partial charge in [0.05, 0.1) is 0 Å². The third kappa shape index (κ3) is 2.54. The van der Waals surface area contributed by atoms with Crippen molar-refractivity contribution in [3.8, 4) is 0 Å². The van der Waals surface area contributed by atoms with Gasteiger partial charge in [-0.15, -0.1) is 0 Å². The summed E-state index contributed by atoms with van der Waals surface area (Å²) in [5.41, 5.74) is 1.45. The number of urea groups is 1. The summed E-state index contributed by atoms with van der Waals surface area (Å²) < 4.78 is 0. The second kappa shape index (κ2) is 5.61. The van der Waals surface area contributed by atoms with Gasteiger partial charge < -0.3 is 10.2 Å². The molecule has 1 aromatic rings. The van der Waals surface area contributed by atoms with Crippen LogP contribution in [0.1, 0.15) is 18.4 Å². The Morgan fingerprint density at radius 3 is 2.86 bits per heavy atom. The van der Waals surface area contributed by atoms with E-state index in [1.165, 1.54) is 0 Å². The molecule has 6 nitrogen and oxygen atoms in total. The largest absolute Gasteiger partial charge is 0.327 e. The number of aryl methyl sites for hydroxylation is 1. The molecule has 0 radical (unpaired) electrons.